The average molecular weight is 403 g/mol. The Balaban J connectivity index is 1.51. The summed E-state index contributed by atoms with van der Waals surface area (Å²) >= 11 is 0. The van der Waals surface area contributed by atoms with Crippen molar-refractivity contribution in [1.29, 1.82) is 0 Å². The van der Waals surface area contributed by atoms with Gasteiger partial charge in [-0.05, 0) is 37.3 Å². The van der Waals surface area contributed by atoms with Gasteiger partial charge in [-0.25, -0.2) is 0 Å². The number of ether oxygens (including phenoxy) is 3. The Kier molecular flexibility index (Phi) is 8.16. The first-order valence-corrected chi connectivity index (χ1v) is 10.7. The van der Waals surface area contributed by atoms with Crippen molar-refractivity contribution in [3.63, 3.8) is 0 Å². The van der Waals surface area contributed by atoms with E-state index in [9.17, 15) is 10.2 Å². The van der Waals surface area contributed by atoms with Crippen molar-refractivity contribution >= 4 is 0 Å². The number of aliphatic hydroxyl groups excluding tert-OH is 2. The number of hydrogen-bond acceptors (Lipinski definition) is 5. The van der Waals surface area contributed by atoms with E-state index < -0.39 is 12.2 Å². The van der Waals surface area contributed by atoms with Crippen LogP contribution in [0.4, 0.5) is 0 Å². The van der Waals surface area contributed by atoms with Gasteiger partial charge in [0.2, 0.25) is 0 Å². The van der Waals surface area contributed by atoms with Crippen LogP contribution in [0.25, 0.3) is 0 Å². The van der Waals surface area contributed by atoms with Gasteiger partial charge in [-0.2, -0.15) is 0 Å². The van der Waals surface area contributed by atoms with Gasteiger partial charge in [0, 0.05) is 18.8 Å². The Morgan fingerprint density at radius 3 is 2.86 bits per heavy atom. The van der Waals surface area contributed by atoms with E-state index in [4.69, 9.17) is 14.2 Å². The van der Waals surface area contributed by atoms with Gasteiger partial charge < -0.3 is 24.4 Å². The lowest BCUT2D eigenvalue weighted by Crippen LogP contribution is -2.24. The van der Waals surface area contributed by atoms with E-state index in [0.717, 1.165) is 43.6 Å². The Bertz CT molecular complexity index is 658. The van der Waals surface area contributed by atoms with E-state index in [1.54, 1.807) is 13.2 Å². The van der Waals surface area contributed by atoms with Gasteiger partial charge in [-0.3, -0.25) is 0 Å². The maximum Gasteiger partial charge on any atom is 0.119 e. The van der Waals surface area contributed by atoms with E-state index in [2.05, 4.69) is 6.58 Å². The minimum Gasteiger partial charge on any atom is -0.502 e. The van der Waals surface area contributed by atoms with E-state index in [0.29, 0.717) is 12.3 Å². The number of para-hydroxylation sites is 1. The highest BCUT2D eigenvalue weighted by molar-refractivity contribution is 5.21. The van der Waals surface area contributed by atoms with Crippen LogP contribution in [0.2, 0.25) is 0 Å². The zero-order chi connectivity index (χ0) is 20.6. The molecule has 2 aliphatic rings. The molecule has 1 saturated heterocycles. The summed E-state index contributed by atoms with van der Waals surface area (Å²) in [7, 11) is 1.65. The van der Waals surface area contributed by atoms with Crippen LogP contribution in [0, 0.1) is 11.8 Å². The highest BCUT2D eigenvalue weighted by Gasteiger charge is 2.43. The summed E-state index contributed by atoms with van der Waals surface area (Å²) in [6, 6.07) is 9.45. The van der Waals surface area contributed by atoms with Crippen molar-refractivity contribution in [3.8, 4) is 5.75 Å². The summed E-state index contributed by atoms with van der Waals surface area (Å²) in [4.78, 5) is 0. The lowest BCUT2D eigenvalue weighted by molar-refractivity contribution is -0.0298. The average Bonchev–Trinajstić information content (AvgIpc) is 2.89. The van der Waals surface area contributed by atoms with Gasteiger partial charge in [0.1, 0.15) is 18.5 Å². The predicted molar refractivity (Wildman–Crippen MR) is 113 cm³/mol. The minimum atomic E-state index is -0.707. The summed E-state index contributed by atoms with van der Waals surface area (Å²) in [6.45, 7) is 4.08. The van der Waals surface area contributed by atoms with Gasteiger partial charge in [0.15, 0.2) is 0 Å². The summed E-state index contributed by atoms with van der Waals surface area (Å²) in [5.74, 6) is 1.83. The van der Waals surface area contributed by atoms with Gasteiger partial charge >= 0.3 is 0 Å². The third kappa shape index (κ3) is 6.33. The molecule has 0 spiro atoms. The van der Waals surface area contributed by atoms with Crippen molar-refractivity contribution in [2.75, 3.05) is 13.7 Å². The number of rotatable bonds is 9. The fraction of sp³-hybridized carbons (Fsp3) is 0.583. The first kappa shape index (κ1) is 21.9. The molecule has 6 atom stereocenters. The summed E-state index contributed by atoms with van der Waals surface area (Å²) in [6.07, 6.45) is 8.35. The molecular formula is C24H34O5. The molecule has 1 aliphatic heterocycles. The molecule has 1 aromatic rings. The molecule has 2 N–H and O–H groups in total. The summed E-state index contributed by atoms with van der Waals surface area (Å²) in [5.41, 5.74) is 0. The normalized spacial score (nSPS) is 30.5. The number of hydrogen-bond donors (Lipinski definition) is 2. The molecule has 3 rings (SSSR count). The number of fused-ring (bicyclic) bond motifs is 1. The molecule has 0 unspecified atom stereocenters. The van der Waals surface area contributed by atoms with Crippen LogP contribution in [-0.2, 0) is 9.47 Å². The smallest absolute Gasteiger partial charge is 0.119 e. The summed E-state index contributed by atoms with van der Waals surface area (Å²) < 4.78 is 17.1. The molecule has 5 heteroatoms. The minimum absolute atomic E-state index is 0.0130. The molecule has 0 aromatic heterocycles. The number of aliphatic hydroxyl groups is 2. The largest absolute Gasteiger partial charge is 0.502 e. The fourth-order valence-electron chi connectivity index (χ4n) is 4.45. The Morgan fingerprint density at radius 1 is 1.31 bits per heavy atom. The molecule has 1 saturated carbocycles. The van der Waals surface area contributed by atoms with Crippen LogP contribution < -0.4 is 4.74 Å². The molecule has 1 heterocycles. The lowest BCUT2D eigenvalue weighted by atomic mass is 9.88. The molecule has 0 amide bonds. The van der Waals surface area contributed by atoms with Crippen molar-refractivity contribution in [2.45, 2.75) is 62.9 Å². The zero-order valence-corrected chi connectivity index (χ0v) is 17.3. The van der Waals surface area contributed by atoms with E-state index in [1.165, 1.54) is 0 Å². The first-order chi connectivity index (χ1) is 14.1. The van der Waals surface area contributed by atoms with Gasteiger partial charge in [0.25, 0.3) is 0 Å². The third-order valence-electron chi connectivity index (χ3n) is 6.07. The van der Waals surface area contributed by atoms with Gasteiger partial charge in [-0.15, -0.1) is 0 Å². The molecule has 29 heavy (non-hydrogen) atoms. The van der Waals surface area contributed by atoms with Crippen LogP contribution in [0.5, 0.6) is 5.75 Å². The number of benzene rings is 1. The van der Waals surface area contributed by atoms with Crippen molar-refractivity contribution in [1.82, 2.24) is 0 Å². The Labute approximate surface area is 174 Å². The molecule has 5 nitrogen and oxygen atoms in total. The van der Waals surface area contributed by atoms with Crippen LogP contribution in [0.3, 0.4) is 0 Å². The maximum absolute atomic E-state index is 10.6. The second-order valence-corrected chi connectivity index (χ2v) is 8.13. The molecule has 0 bridgehead atoms. The van der Waals surface area contributed by atoms with Crippen molar-refractivity contribution < 1.29 is 24.4 Å². The highest BCUT2D eigenvalue weighted by atomic mass is 16.5. The van der Waals surface area contributed by atoms with Crippen LogP contribution in [-0.4, -0.2) is 48.3 Å². The van der Waals surface area contributed by atoms with E-state index in [-0.39, 0.29) is 24.7 Å². The van der Waals surface area contributed by atoms with Crippen molar-refractivity contribution in [2.24, 2.45) is 11.8 Å². The molecule has 0 radical (unpaired) electrons. The number of methoxy groups -OCH3 is 1. The molecule has 2 fully saturated rings. The summed E-state index contributed by atoms with van der Waals surface area (Å²) in [5, 5.41) is 20.8. The molecule has 1 aliphatic carbocycles. The Morgan fingerprint density at radius 2 is 2.10 bits per heavy atom. The first-order valence-electron chi connectivity index (χ1n) is 10.7. The maximum atomic E-state index is 10.6. The van der Waals surface area contributed by atoms with Crippen LogP contribution in [0.15, 0.2) is 54.8 Å². The van der Waals surface area contributed by atoms with Crippen LogP contribution in [0.1, 0.15) is 38.5 Å². The second-order valence-electron chi connectivity index (χ2n) is 8.13. The Hall–Kier alpha value is -1.82. The highest BCUT2D eigenvalue weighted by Crippen LogP contribution is 2.42. The standard InChI is InChI=1S/C24H34O5/c1-17(27-2)11-13-20-9-6-10-22-21(23(26)15-24(22)29-20)14-12-18(25)16-28-19-7-4-3-5-8-19/h3-5,7-8,12,14,18,20-26H,1,6,9-11,13,15-16H2,2H3/b14-12+/t18-,20-,21-,22-,23-,24+/m1/s1. The zero-order valence-electron chi connectivity index (χ0n) is 17.3. The fourth-order valence-corrected chi connectivity index (χ4v) is 4.45. The second kappa shape index (κ2) is 10.8. The van der Waals surface area contributed by atoms with Crippen LogP contribution >= 0.6 is 0 Å². The van der Waals surface area contributed by atoms with E-state index in [1.807, 2.05) is 36.4 Å². The molecular weight excluding hydrogens is 368 g/mol. The van der Waals surface area contributed by atoms with Gasteiger partial charge in [-0.1, -0.05) is 43.4 Å². The quantitative estimate of drug-likeness (QED) is 0.485. The van der Waals surface area contributed by atoms with E-state index >= 15 is 0 Å². The monoisotopic (exact) mass is 402 g/mol. The SMILES string of the molecule is C=C(CC[C@H]1CCC[C@@H]2[C@@H](/C=C/[C@@H](O)COc3ccccc3)[C@H](O)C[C@@H]2O1)OC. The lowest BCUT2D eigenvalue weighted by Gasteiger charge is -2.23. The van der Waals surface area contributed by atoms with Crippen molar-refractivity contribution in [3.05, 3.63) is 54.8 Å². The third-order valence-corrected chi connectivity index (χ3v) is 6.07. The molecule has 160 valence electrons. The molecule has 1 aromatic carbocycles. The van der Waals surface area contributed by atoms with Gasteiger partial charge in [0.05, 0.1) is 31.2 Å². The number of allylic oxidation sites excluding steroid dienone is 1. The predicted octanol–water partition coefficient (Wildman–Crippen LogP) is 3.86. The topological polar surface area (TPSA) is 68.2 Å².